The van der Waals surface area contributed by atoms with E-state index in [4.69, 9.17) is 9.47 Å². The van der Waals surface area contributed by atoms with Gasteiger partial charge in [-0.1, -0.05) is 18.2 Å². The molecule has 1 amide bonds. The van der Waals surface area contributed by atoms with Gasteiger partial charge < -0.3 is 14.4 Å². The number of benzene rings is 1. The minimum absolute atomic E-state index is 0.0228. The molecule has 3 rings (SSSR count). The van der Waals surface area contributed by atoms with Crippen LogP contribution in [-0.4, -0.2) is 47.3 Å². The van der Waals surface area contributed by atoms with E-state index in [-0.39, 0.29) is 24.0 Å². The van der Waals surface area contributed by atoms with Gasteiger partial charge in [0, 0.05) is 13.6 Å². The number of hydrogen-bond donors (Lipinski definition) is 0. The third-order valence-corrected chi connectivity index (χ3v) is 4.60. The van der Waals surface area contributed by atoms with Crippen molar-refractivity contribution in [3.8, 4) is 11.4 Å². The topological polar surface area (TPSA) is 73.7 Å². The summed E-state index contributed by atoms with van der Waals surface area (Å²) in [7, 11) is 3.11. The summed E-state index contributed by atoms with van der Waals surface area (Å²) in [5.74, 6) is -0.724. The third kappa shape index (κ3) is 4.53. The second-order valence-electron chi connectivity index (χ2n) is 5.78. The van der Waals surface area contributed by atoms with E-state index < -0.39 is 5.97 Å². The van der Waals surface area contributed by atoms with Crippen molar-refractivity contribution in [2.24, 2.45) is 0 Å². The molecule has 0 fully saturated rings. The van der Waals surface area contributed by atoms with E-state index in [0.717, 1.165) is 11.3 Å². The molecule has 8 heteroatoms. The number of aromatic nitrogens is 2. The summed E-state index contributed by atoms with van der Waals surface area (Å²) in [4.78, 5) is 26.1. The Morgan fingerprint density at radius 3 is 2.67 bits per heavy atom. The Hall–Kier alpha value is -3.13. The molecule has 1 aromatic carbocycles. The van der Waals surface area contributed by atoms with E-state index in [9.17, 15) is 9.59 Å². The number of hydrogen-bond acceptors (Lipinski definition) is 6. The van der Waals surface area contributed by atoms with Gasteiger partial charge in [-0.05, 0) is 34.5 Å². The summed E-state index contributed by atoms with van der Waals surface area (Å²) in [6.07, 6.45) is 1.59. The molecule has 0 saturated heterocycles. The largest absolute Gasteiger partial charge is 0.493 e. The van der Waals surface area contributed by atoms with Gasteiger partial charge in [0.05, 0.1) is 19.0 Å². The van der Waals surface area contributed by atoms with Crippen LogP contribution in [0.1, 0.15) is 16.1 Å². The first kappa shape index (κ1) is 18.7. The molecule has 0 N–H and O–H groups in total. The second-order valence-corrected chi connectivity index (χ2v) is 6.56. The SMILES string of the molecule is COc1cn(-c2ccccc2)nc1C(=O)OCC(=O)N(C)Cc1ccsc1. The van der Waals surface area contributed by atoms with Crippen LogP contribution in [0.5, 0.6) is 5.75 Å². The lowest BCUT2D eigenvalue weighted by atomic mass is 10.3. The van der Waals surface area contributed by atoms with E-state index in [1.807, 2.05) is 47.2 Å². The van der Waals surface area contributed by atoms with Crippen molar-refractivity contribution in [2.75, 3.05) is 20.8 Å². The predicted octanol–water partition coefficient (Wildman–Crippen LogP) is 2.76. The first-order valence-corrected chi connectivity index (χ1v) is 9.14. The highest BCUT2D eigenvalue weighted by molar-refractivity contribution is 7.07. The fourth-order valence-corrected chi connectivity index (χ4v) is 3.07. The minimum Gasteiger partial charge on any atom is -0.493 e. The van der Waals surface area contributed by atoms with Crippen LogP contribution in [0.4, 0.5) is 0 Å². The second kappa shape index (κ2) is 8.50. The number of nitrogens with zero attached hydrogens (tertiary/aromatic N) is 3. The Morgan fingerprint density at radius 2 is 2.00 bits per heavy atom. The molecule has 3 aromatic rings. The van der Waals surface area contributed by atoms with E-state index in [2.05, 4.69) is 5.10 Å². The summed E-state index contributed by atoms with van der Waals surface area (Å²) in [6.45, 7) is 0.104. The molecule has 0 aliphatic rings. The molecule has 7 nitrogen and oxygen atoms in total. The van der Waals surface area contributed by atoms with Crippen LogP contribution in [0.2, 0.25) is 0 Å². The van der Waals surface area contributed by atoms with Crippen molar-refractivity contribution >= 4 is 23.2 Å². The van der Waals surface area contributed by atoms with Gasteiger partial charge in [-0.2, -0.15) is 16.4 Å². The highest BCUT2D eigenvalue weighted by atomic mass is 32.1. The van der Waals surface area contributed by atoms with Gasteiger partial charge in [0.1, 0.15) is 0 Å². The van der Waals surface area contributed by atoms with Crippen molar-refractivity contribution in [3.05, 3.63) is 64.6 Å². The molecule has 0 radical (unpaired) electrons. The Morgan fingerprint density at radius 1 is 1.22 bits per heavy atom. The van der Waals surface area contributed by atoms with Crippen LogP contribution in [0, 0.1) is 0 Å². The number of esters is 1. The zero-order valence-electron chi connectivity index (χ0n) is 15.0. The van der Waals surface area contributed by atoms with Gasteiger partial charge in [-0.3, -0.25) is 4.79 Å². The fourth-order valence-electron chi connectivity index (χ4n) is 2.41. The lowest BCUT2D eigenvalue weighted by Crippen LogP contribution is -2.30. The molecule has 0 spiro atoms. The van der Waals surface area contributed by atoms with Crippen molar-refractivity contribution in [2.45, 2.75) is 6.54 Å². The van der Waals surface area contributed by atoms with E-state index in [1.54, 1.807) is 24.6 Å². The lowest BCUT2D eigenvalue weighted by molar-refractivity contribution is -0.133. The third-order valence-electron chi connectivity index (χ3n) is 3.87. The van der Waals surface area contributed by atoms with Crippen molar-refractivity contribution in [1.82, 2.24) is 14.7 Å². The van der Waals surface area contributed by atoms with Gasteiger partial charge >= 0.3 is 5.97 Å². The molecule has 0 aliphatic heterocycles. The maximum absolute atomic E-state index is 12.4. The number of rotatable bonds is 7. The Bertz CT molecular complexity index is 906. The van der Waals surface area contributed by atoms with Crippen molar-refractivity contribution in [1.29, 1.82) is 0 Å². The average Bonchev–Trinajstić information content (AvgIpc) is 3.36. The monoisotopic (exact) mass is 385 g/mol. The highest BCUT2D eigenvalue weighted by Gasteiger charge is 2.21. The number of para-hydroxylation sites is 1. The summed E-state index contributed by atoms with van der Waals surface area (Å²) in [5.41, 5.74) is 1.83. The van der Waals surface area contributed by atoms with E-state index in [1.165, 1.54) is 16.7 Å². The van der Waals surface area contributed by atoms with Crippen LogP contribution in [0.15, 0.2) is 53.4 Å². The molecule has 0 bridgehead atoms. The quantitative estimate of drug-likeness (QED) is 0.585. The number of amides is 1. The highest BCUT2D eigenvalue weighted by Crippen LogP contribution is 2.20. The molecule has 2 aromatic heterocycles. The van der Waals surface area contributed by atoms with Crippen LogP contribution in [0.3, 0.4) is 0 Å². The van der Waals surface area contributed by atoms with Crippen LogP contribution in [-0.2, 0) is 16.1 Å². The molecule has 140 valence electrons. The number of ether oxygens (including phenoxy) is 2. The summed E-state index contributed by atoms with van der Waals surface area (Å²) >= 11 is 1.57. The Kier molecular flexibility index (Phi) is 5.87. The molecular weight excluding hydrogens is 366 g/mol. The Labute approximate surface area is 160 Å². The number of carbonyl (C=O) groups excluding carboxylic acids is 2. The number of methoxy groups -OCH3 is 1. The van der Waals surface area contributed by atoms with E-state index >= 15 is 0 Å². The standard InChI is InChI=1S/C19H19N3O4S/c1-21(10-14-8-9-27-13-14)17(23)12-26-19(24)18-16(25-2)11-22(20-18)15-6-4-3-5-7-15/h3-9,11,13H,10,12H2,1-2H3. The summed E-state index contributed by atoms with van der Waals surface area (Å²) in [6, 6.07) is 11.3. The van der Waals surface area contributed by atoms with Gasteiger partial charge in [0.2, 0.25) is 5.69 Å². The molecule has 0 unspecified atom stereocenters. The summed E-state index contributed by atoms with van der Waals surface area (Å²) < 4.78 is 11.9. The smallest absolute Gasteiger partial charge is 0.363 e. The first-order valence-electron chi connectivity index (χ1n) is 8.19. The Balaban J connectivity index is 1.63. The van der Waals surface area contributed by atoms with Gasteiger partial charge in [-0.15, -0.1) is 0 Å². The van der Waals surface area contributed by atoms with Gasteiger partial charge in [0.15, 0.2) is 12.4 Å². The maximum Gasteiger partial charge on any atom is 0.363 e. The minimum atomic E-state index is -0.709. The molecule has 27 heavy (non-hydrogen) atoms. The van der Waals surface area contributed by atoms with E-state index in [0.29, 0.717) is 6.54 Å². The maximum atomic E-state index is 12.4. The number of thiophene rings is 1. The molecule has 0 aliphatic carbocycles. The van der Waals surface area contributed by atoms with Gasteiger partial charge in [-0.25, -0.2) is 9.48 Å². The first-order chi connectivity index (χ1) is 13.1. The average molecular weight is 385 g/mol. The van der Waals surface area contributed by atoms with Crippen molar-refractivity contribution in [3.63, 3.8) is 0 Å². The lowest BCUT2D eigenvalue weighted by Gasteiger charge is -2.16. The van der Waals surface area contributed by atoms with Crippen molar-refractivity contribution < 1.29 is 19.1 Å². The zero-order valence-corrected chi connectivity index (χ0v) is 15.8. The molecule has 0 atom stereocenters. The number of carbonyl (C=O) groups is 2. The number of likely N-dealkylation sites (N-methyl/N-ethyl adjacent to an activating group) is 1. The predicted molar refractivity (Wildman–Crippen MR) is 101 cm³/mol. The van der Waals surface area contributed by atoms with Crippen LogP contribution < -0.4 is 4.74 Å². The molecular formula is C19H19N3O4S. The molecule has 0 saturated carbocycles. The fraction of sp³-hybridized carbons (Fsp3) is 0.211. The normalized spacial score (nSPS) is 10.4. The van der Waals surface area contributed by atoms with Gasteiger partial charge in [0.25, 0.3) is 5.91 Å². The summed E-state index contributed by atoms with van der Waals surface area (Å²) in [5, 5.41) is 8.14. The van der Waals surface area contributed by atoms with Crippen LogP contribution >= 0.6 is 11.3 Å². The van der Waals surface area contributed by atoms with Crippen LogP contribution in [0.25, 0.3) is 5.69 Å². The zero-order chi connectivity index (χ0) is 19.2. The molecule has 2 heterocycles.